The summed E-state index contributed by atoms with van der Waals surface area (Å²) in [6, 6.07) is 0. The van der Waals surface area contributed by atoms with Crippen molar-refractivity contribution in [2.75, 3.05) is 6.54 Å². The Balaban J connectivity index is 2.17. The number of rotatable bonds is 4. The molecule has 0 radical (unpaired) electrons. The average molecular weight is 237 g/mol. The van der Waals surface area contributed by atoms with E-state index < -0.39 is 0 Å². The van der Waals surface area contributed by atoms with Gasteiger partial charge in [0.25, 0.3) is 0 Å². The predicted octanol–water partition coefficient (Wildman–Crippen LogP) is 2.43. The molecule has 1 fully saturated rings. The summed E-state index contributed by atoms with van der Waals surface area (Å²) in [4.78, 5) is 0. The van der Waals surface area contributed by atoms with E-state index >= 15 is 0 Å². The Labute approximate surface area is 94.1 Å². The molecule has 1 N–H and O–H groups in total. The van der Waals surface area contributed by atoms with E-state index in [-0.39, 0.29) is 23.2 Å². The van der Waals surface area contributed by atoms with E-state index in [0.717, 1.165) is 6.54 Å². The van der Waals surface area contributed by atoms with E-state index in [1.54, 1.807) is 21.6 Å². The standard InChI is InChI=1S/C9H19NO2S2/c1-6(2)11-8-5-10-9(14-13-8)12-7(3)4/h6-10H,5H2,1-4H3. The first-order valence-electron chi connectivity index (χ1n) is 4.94. The van der Waals surface area contributed by atoms with Crippen LogP contribution in [-0.4, -0.2) is 29.7 Å². The molecule has 0 amide bonds. The van der Waals surface area contributed by atoms with Crippen LogP contribution in [0.1, 0.15) is 27.7 Å². The fourth-order valence-corrected chi connectivity index (χ4v) is 3.51. The fraction of sp³-hybridized carbons (Fsp3) is 1.00. The van der Waals surface area contributed by atoms with Crippen LogP contribution in [-0.2, 0) is 9.47 Å². The molecular formula is C9H19NO2S2. The summed E-state index contributed by atoms with van der Waals surface area (Å²) in [7, 11) is 3.45. The quantitative estimate of drug-likeness (QED) is 0.759. The molecule has 1 aliphatic heterocycles. The van der Waals surface area contributed by atoms with E-state index in [1.165, 1.54) is 0 Å². The van der Waals surface area contributed by atoms with Crippen molar-refractivity contribution in [1.82, 2.24) is 5.32 Å². The van der Waals surface area contributed by atoms with Crippen LogP contribution < -0.4 is 5.32 Å². The highest BCUT2D eigenvalue weighted by molar-refractivity contribution is 8.77. The summed E-state index contributed by atoms with van der Waals surface area (Å²) < 4.78 is 11.3. The van der Waals surface area contributed by atoms with Gasteiger partial charge in [0.05, 0.1) is 12.2 Å². The lowest BCUT2D eigenvalue weighted by Gasteiger charge is -2.30. The molecule has 1 saturated heterocycles. The van der Waals surface area contributed by atoms with Crippen molar-refractivity contribution < 1.29 is 9.47 Å². The summed E-state index contributed by atoms with van der Waals surface area (Å²) in [6.45, 7) is 9.06. The summed E-state index contributed by atoms with van der Waals surface area (Å²) in [5.74, 6) is 0. The minimum Gasteiger partial charge on any atom is -0.363 e. The third-order valence-electron chi connectivity index (χ3n) is 1.52. The third kappa shape index (κ3) is 4.89. The van der Waals surface area contributed by atoms with Gasteiger partial charge in [0, 0.05) is 6.54 Å². The van der Waals surface area contributed by atoms with Crippen molar-refractivity contribution in [3.63, 3.8) is 0 Å². The summed E-state index contributed by atoms with van der Waals surface area (Å²) >= 11 is 0. The fourth-order valence-electron chi connectivity index (χ4n) is 1.07. The zero-order chi connectivity index (χ0) is 10.6. The lowest BCUT2D eigenvalue weighted by Crippen LogP contribution is -2.40. The van der Waals surface area contributed by atoms with Crippen LogP contribution in [0.2, 0.25) is 0 Å². The Hall–Kier alpha value is 0.580. The van der Waals surface area contributed by atoms with Crippen molar-refractivity contribution in [2.45, 2.75) is 50.9 Å². The largest absolute Gasteiger partial charge is 0.363 e. The Morgan fingerprint density at radius 2 is 1.71 bits per heavy atom. The molecule has 14 heavy (non-hydrogen) atoms. The highest BCUT2D eigenvalue weighted by atomic mass is 33.1. The van der Waals surface area contributed by atoms with Crippen LogP contribution >= 0.6 is 21.6 Å². The number of hydrogen-bond donors (Lipinski definition) is 1. The Morgan fingerprint density at radius 3 is 2.14 bits per heavy atom. The number of ether oxygens (including phenoxy) is 2. The molecule has 1 rings (SSSR count). The van der Waals surface area contributed by atoms with Gasteiger partial charge in [0.1, 0.15) is 5.44 Å². The SMILES string of the molecule is CC(C)OC1CNC(OC(C)C)SS1. The molecule has 3 nitrogen and oxygen atoms in total. The van der Waals surface area contributed by atoms with Gasteiger partial charge in [-0.2, -0.15) is 0 Å². The monoisotopic (exact) mass is 237 g/mol. The summed E-state index contributed by atoms with van der Waals surface area (Å²) in [5.41, 5.74) is 0.346. The van der Waals surface area contributed by atoms with Crippen molar-refractivity contribution >= 4 is 21.6 Å². The molecule has 1 aliphatic rings. The molecule has 0 bridgehead atoms. The third-order valence-corrected chi connectivity index (χ3v) is 4.08. The molecule has 0 aromatic carbocycles. The van der Waals surface area contributed by atoms with Gasteiger partial charge in [-0.05, 0) is 38.5 Å². The van der Waals surface area contributed by atoms with Crippen LogP contribution in [0.25, 0.3) is 0 Å². The summed E-state index contributed by atoms with van der Waals surface area (Å²) in [5, 5.41) is 3.30. The Morgan fingerprint density at radius 1 is 1.07 bits per heavy atom. The Bertz CT molecular complexity index is 141. The molecule has 0 aliphatic carbocycles. The molecule has 0 saturated carbocycles. The number of nitrogens with one attached hydrogen (secondary N) is 1. The lowest BCUT2D eigenvalue weighted by molar-refractivity contribution is 0.0200. The van der Waals surface area contributed by atoms with E-state index in [9.17, 15) is 0 Å². The molecule has 84 valence electrons. The molecule has 0 aromatic heterocycles. The van der Waals surface area contributed by atoms with Crippen molar-refractivity contribution in [3.8, 4) is 0 Å². The first kappa shape index (κ1) is 12.6. The maximum Gasteiger partial charge on any atom is 0.166 e. The first-order valence-corrected chi connectivity index (χ1v) is 7.22. The average Bonchev–Trinajstić information content (AvgIpc) is 2.06. The zero-order valence-corrected chi connectivity index (χ0v) is 10.8. The van der Waals surface area contributed by atoms with Crippen LogP contribution in [0.15, 0.2) is 0 Å². The molecule has 5 heteroatoms. The predicted molar refractivity (Wildman–Crippen MR) is 63.2 cm³/mol. The smallest absolute Gasteiger partial charge is 0.166 e. The topological polar surface area (TPSA) is 30.5 Å². The number of hydrogen-bond acceptors (Lipinski definition) is 5. The van der Waals surface area contributed by atoms with Gasteiger partial charge in [-0.15, -0.1) is 0 Å². The van der Waals surface area contributed by atoms with Gasteiger partial charge >= 0.3 is 0 Å². The van der Waals surface area contributed by atoms with Gasteiger partial charge in [-0.25, -0.2) is 0 Å². The van der Waals surface area contributed by atoms with Gasteiger partial charge in [-0.1, -0.05) is 10.8 Å². The second-order valence-corrected chi connectivity index (χ2v) is 6.23. The zero-order valence-electron chi connectivity index (χ0n) is 9.15. The normalized spacial score (nSPS) is 28.7. The Kier molecular flexibility index (Phi) is 5.62. The van der Waals surface area contributed by atoms with Crippen molar-refractivity contribution in [3.05, 3.63) is 0 Å². The minimum absolute atomic E-state index is 0.104. The second-order valence-electron chi connectivity index (χ2n) is 3.73. The van der Waals surface area contributed by atoms with Crippen LogP contribution in [0.3, 0.4) is 0 Å². The molecule has 0 aromatic rings. The lowest BCUT2D eigenvalue weighted by atomic mass is 10.5. The summed E-state index contributed by atoms with van der Waals surface area (Å²) in [6.07, 6.45) is 0.556. The van der Waals surface area contributed by atoms with Crippen molar-refractivity contribution in [1.29, 1.82) is 0 Å². The molecular weight excluding hydrogens is 218 g/mol. The van der Waals surface area contributed by atoms with E-state index in [2.05, 4.69) is 19.2 Å². The highest BCUT2D eigenvalue weighted by Crippen LogP contribution is 2.35. The van der Waals surface area contributed by atoms with Crippen molar-refractivity contribution in [2.24, 2.45) is 0 Å². The van der Waals surface area contributed by atoms with E-state index in [0.29, 0.717) is 0 Å². The van der Waals surface area contributed by atoms with Gasteiger partial charge in [0.2, 0.25) is 0 Å². The minimum atomic E-state index is 0.104. The molecule has 2 atom stereocenters. The van der Waals surface area contributed by atoms with E-state index in [4.69, 9.17) is 9.47 Å². The van der Waals surface area contributed by atoms with Crippen LogP contribution in [0.4, 0.5) is 0 Å². The molecule has 2 unspecified atom stereocenters. The van der Waals surface area contributed by atoms with Gasteiger partial charge < -0.3 is 9.47 Å². The maximum atomic E-state index is 5.67. The first-order chi connectivity index (χ1) is 6.58. The maximum absolute atomic E-state index is 5.67. The molecule has 1 heterocycles. The van der Waals surface area contributed by atoms with Gasteiger partial charge in [0.15, 0.2) is 5.56 Å². The van der Waals surface area contributed by atoms with Gasteiger partial charge in [-0.3, -0.25) is 5.32 Å². The molecule has 0 spiro atoms. The second kappa shape index (κ2) is 6.23. The van der Waals surface area contributed by atoms with Crippen LogP contribution in [0.5, 0.6) is 0 Å². The van der Waals surface area contributed by atoms with Crippen LogP contribution in [0, 0.1) is 0 Å². The van der Waals surface area contributed by atoms with E-state index in [1.807, 2.05) is 13.8 Å². The highest BCUT2D eigenvalue weighted by Gasteiger charge is 2.24.